The second kappa shape index (κ2) is 4.93. The third kappa shape index (κ3) is 2.61. The summed E-state index contributed by atoms with van der Waals surface area (Å²) in [5.74, 6) is -0.816. The molecule has 1 saturated heterocycles. The van der Waals surface area contributed by atoms with Crippen molar-refractivity contribution in [1.29, 1.82) is 0 Å². The lowest BCUT2D eigenvalue weighted by Gasteiger charge is -2.25. The molecule has 4 amide bonds. The summed E-state index contributed by atoms with van der Waals surface area (Å²) in [6.45, 7) is 4.35. The first-order valence-corrected chi connectivity index (χ1v) is 5.71. The van der Waals surface area contributed by atoms with Gasteiger partial charge in [0.25, 0.3) is 5.91 Å². The minimum Gasteiger partial charge on any atom is -0.394 e. The third-order valence-corrected chi connectivity index (χ3v) is 3.06. The fourth-order valence-corrected chi connectivity index (χ4v) is 1.58. The molecule has 1 rings (SSSR count). The molecule has 7 heteroatoms. The molecule has 0 aliphatic carbocycles. The maximum absolute atomic E-state index is 11.9. The van der Waals surface area contributed by atoms with Gasteiger partial charge in [0.1, 0.15) is 12.1 Å². The van der Waals surface area contributed by atoms with Crippen LogP contribution in [-0.4, -0.2) is 64.5 Å². The van der Waals surface area contributed by atoms with Crippen LogP contribution >= 0.6 is 0 Å². The Labute approximate surface area is 106 Å². The highest BCUT2D eigenvalue weighted by atomic mass is 16.3. The number of aliphatic hydroxyl groups is 1. The number of nitrogens with one attached hydrogen (secondary N) is 1. The molecule has 0 aromatic carbocycles. The molecule has 0 aromatic heterocycles. The summed E-state index contributed by atoms with van der Waals surface area (Å²) in [5, 5.41) is 11.4. The summed E-state index contributed by atoms with van der Waals surface area (Å²) in [7, 11) is 1.52. The van der Waals surface area contributed by atoms with E-state index >= 15 is 0 Å². The number of carbonyl (C=O) groups is 3. The molecule has 0 aromatic rings. The fourth-order valence-electron chi connectivity index (χ4n) is 1.58. The van der Waals surface area contributed by atoms with E-state index in [4.69, 9.17) is 5.11 Å². The quantitative estimate of drug-likeness (QED) is 0.642. The Bertz CT molecular complexity index is 380. The molecular formula is C11H19N3O4. The number of imide groups is 1. The largest absolute Gasteiger partial charge is 0.394 e. The highest BCUT2D eigenvalue weighted by Crippen LogP contribution is 2.16. The number of nitrogens with zero attached hydrogens (tertiary/aromatic N) is 2. The molecule has 0 saturated carbocycles. The Morgan fingerprint density at radius 1 is 1.50 bits per heavy atom. The van der Waals surface area contributed by atoms with E-state index in [0.29, 0.717) is 0 Å². The number of hydrogen-bond acceptors (Lipinski definition) is 4. The first-order valence-electron chi connectivity index (χ1n) is 5.71. The summed E-state index contributed by atoms with van der Waals surface area (Å²) in [4.78, 5) is 37.5. The van der Waals surface area contributed by atoms with E-state index < -0.39 is 23.4 Å². The summed E-state index contributed by atoms with van der Waals surface area (Å²) < 4.78 is 0. The van der Waals surface area contributed by atoms with E-state index in [2.05, 4.69) is 5.32 Å². The average molecular weight is 257 g/mol. The molecule has 102 valence electrons. The van der Waals surface area contributed by atoms with E-state index in [1.807, 2.05) is 0 Å². The lowest BCUT2D eigenvalue weighted by atomic mass is 10.1. The number of urea groups is 1. The number of rotatable bonds is 4. The van der Waals surface area contributed by atoms with E-state index in [9.17, 15) is 14.4 Å². The van der Waals surface area contributed by atoms with Gasteiger partial charge in [0, 0.05) is 7.05 Å². The molecular weight excluding hydrogens is 238 g/mol. The maximum atomic E-state index is 11.9. The lowest BCUT2D eigenvalue weighted by Crippen LogP contribution is -2.46. The first-order chi connectivity index (χ1) is 8.20. The zero-order valence-electron chi connectivity index (χ0n) is 11.1. The van der Waals surface area contributed by atoms with Crippen LogP contribution in [0.3, 0.4) is 0 Å². The monoisotopic (exact) mass is 257 g/mol. The van der Waals surface area contributed by atoms with Gasteiger partial charge in [0.2, 0.25) is 5.91 Å². The van der Waals surface area contributed by atoms with E-state index in [-0.39, 0.29) is 19.2 Å². The van der Waals surface area contributed by atoms with Crippen molar-refractivity contribution in [2.75, 3.05) is 20.2 Å². The van der Waals surface area contributed by atoms with Gasteiger partial charge < -0.3 is 15.3 Å². The smallest absolute Gasteiger partial charge is 0.325 e. The Morgan fingerprint density at radius 2 is 2.06 bits per heavy atom. The minimum atomic E-state index is -0.974. The van der Waals surface area contributed by atoms with Crippen molar-refractivity contribution in [2.24, 2.45) is 0 Å². The van der Waals surface area contributed by atoms with E-state index in [1.54, 1.807) is 20.8 Å². The number of likely N-dealkylation sites (N-methyl/N-ethyl adjacent to an activating group) is 1. The van der Waals surface area contributed by atoms with E-state index in [0.717, 1.165) is 4.90 Å². The standard InChI is InChI=1S/C11H19N3O4/c1-7(6-15)13(4)8(16)5-14-9(17)11(2,3)12-10(14)18/h7,15H,5-6H2,1-4H3,(H,12,18). The van der Waals surface area contributed by atoms with Gasteiger partial charge in [0.15, 0.2) is 0 Å². The van der Waals surface area contributed by atoms with Gasteiger partial charge in [-0.25, -0.2) is 4.79 Å². The Hall–Kier alpha value is -1.63. The molecule has 1 atom stereocenters. The first kappa shape index (κ1) is 14.4. The third-order valence-electron chi connectivity index (χ3n) is 3.06. The average Bonchev–Trinajstić information content (AvgIpc) is 2.49. The number of amides is 4. The van der Waals surface area contributed by atoms with Crippen LogP contribution in [0.1, 0.15) is 20.8 Å². The molecule has 0 spiro atoms. The van der Waals surface area contributed by atoms with Crippen molar-refractivity contribution >= 4 is 17.8 Å². The van der Waals surface area contributed by atoms with Crippen LogP contribution in [-0.2, 0) is 9.59 Å². The second-order valence-electron chi connectivity index (χ2n) is 4.98. The molecule has 0 bridgehead atoms. The number of carbonyl (C=O) groups excluding carboxylic acids is 3. The molecule has 18 heavy (non-hydrogen) atoms. The second-order valence-corrected chi connectivity index (χ2v) is 4.98. The predicted molar refractivity (Wildman–Crippen MR) is 63.6 cm³/mol. The van der Waals surface area contributed by atoms with Crippen LogP contribution in [0.4, 0.5) is 4.79 Å². The molecule has 1 aliphatic heterocycles. The van der Waals surface area contributed by atoms with Crippen LogP contribution in [0.5, 0.6) is 0 Å². The molecule has 1 unspecified atom stereocenters. The zero-order chi connectivity index (χ0) is 14.1. The van der Waals surface area contributed by atoms with Gasteiger partial charge in [-0.05, 0) is 20.8 Å². The Morgan fingerprint density at radius 3 is 2.44 bits per heavy atom. The molecule has 0 radical (unpaired) electrons. The van der Waals surface area contributed by atoms with Crippen molar-refractivity contribution < 1.29 is 19.5 Å². The minimum absolute atomic E-state index is 0.173. The van der Waals surface area contributed by atoms with Crippen LogP contribution in [0, 0.1) is 0 Å². The topological polar surface area (TPSA) is 89.9 Å². The van der Waals surface area contributed by atoms with Gasteiger partial charge >= 0.3 is 6.03 Å². The Balaban J connectivity index is 2.71. The number of hydrogen-bond donors (Lipinski definition) is 2. The van der Waals surface area contributed by atoms with Gasteiger partial charge in [-0.3, -0.25) is 14.5 Å². The lowest BCUT2D eigenvalue weighted by molar-refractivity contribution is -0.139. The van der Waals surface area contributed by atoms with Crippen LogP contribution < -0.4 is 5.32 Å². The van der Waals surface area contributed by atoms with Crippen molar-refractivity contribution in [3.8, 4) is 0 Å². The highest BCUT2D eigenvalue weighted by molar-refractivity contribution is 6.08. The summed E-state index contributed by atoms with van der Waals surface area (Å²) in [5.41, 5.74) is -0.974. The van der Waals surface area contributed by atoms with Crippen molar-refractivity contribution in [1.82, 2.24) is 15.1 Å². The van der Waals surface area contributed by atoms with Crippen LogP contribution in [0.25, 0.3) is 0 Å². The van der Waals surface area contributed by atoms with Gasteiger partial charge in [-0.15, -0.1) is 0 Å². The summed E-state index contributed by atoms with van der Waals surface area (Å²) in [6, 6.07) is -0.922. The van der Waals surface area contributed by atoms with E-state index in [1.165, 1.54) is 11.9 Å². The van der Waals surface area contributed by atoms with Gasteiger partial charge in [-0.1, -0.05) is 0 Å². The summed E-state index contributed by atoms with van der Waals surface area (Å²) in [6.07, 6.45) is 0. The molecule has 7 nitrogen and oxygen atoms in total. The van der Waals surface area contributed by atoms with Gasteiger partial charge in [-0.2, -0.15) is 0 Å². The van der Waals surface area contributed by atoms with Gasteiger partial charge in [0.05, 0.1) is 12.6 Å². The predicted octanol–water partition coefficient (Wildman–Crippen LogP) is -0.844. The SMILES string of the molecule is CC(CO)N(C)C(=O)CN1C(=O)NC(C)(C)C1=O. The zero-order valence-corrected chi connectivity index (χ0v) is 11.1. The molecule has 1 heterocycles. The molecule has 1 aliphatic rings. The van der Waals surface area contributed by atoms with Crippen molar-refractivity contribution in [3.63, 3.8) is 0 Å². The number of aliphatic hydroxyl groups excluding tert-OH is 1. The van der Waals surface area contributed by atoms with Crippen molar-refractivity contribution in [2.45, 2.75) is 32.4 Å². The molecule has 1 fully saturated rings. The molecule has 2 N–H and O–H groups in total. The summed E-state index contributed by atoms with van der Waals surface area (Å²) >= 11 is 0. The Kier molecular flexibility index (Phi) is 3.95. The fraction of sp³-hybridized carbons (Fsp3) is 0.727. The normalized spacial score (nSPS) is 19.7. The van der Waals surface area contributed by atoms with Crippen molar-refractivity contribution in [3.05, 3.63) is 0 Å². The highest BCUT2D eigenvalue weighted by Gasteiger charge is 2.45. The van der Waals surface area contributed by atoms with Crippen LogP contribution in [0.15, 0.2) is 0 Å². The van der Waals surface area contributed by atoms with Crippen LogP contribution in [0.2, 0.25) is 0 Å². The maximum Gasteiger partial charge on any atom is 0.325 e.